The lowest BCUT2D eigenvalue weighted by Gasteiger charge is -2.13. The molecule has 0 bridgehead atoms. The second-order valence-corrected chi connectivity index (χ2v) is 7.39. The van der Waals surface area contributed by atoms with Crippen molar-refractivity contribution in [3.63, 3.8) is 0 Å². The van der Waals surface area contributed by atoms with Gasteiger partial charge in [0.25, 0.3) is 0 Å². The Labute approximate surface area is 147 Å². The molecule has 0 unspecified atom stereocenters. The van der Waals surface area contributed by atoms with Crippen LogP contribution in [-0.4, -0.2) is 22.5 Å². The number of rotatable bonds is 5. The van der Waals surface area contributed by atoms with Gasteiger partial charge in [0.05, 0.1) is 0 Å². The minimum atomic E-state index is 0.0828. The molecule has 2 aromatic carbocycles. The number of benzene rings is 2. The standard InChI is InChI=1S/C20H24N2OS/c1-13(2)22-17-8-6-5-7-15(17)20-14(3)16(9-10-18(20)22)21-19(23)11-12-24-4/h5-10,13H,11-12H2,1-4H3,(H,21,23). The number of fused-ring (bicyclic) bond motifs is 3. The van der Waals surface area contributed by atoms with Gasteiger partial charge in [-0.05, 0) is 50.8 Å². The number of amides is 1. The van der Waals surface area contributed by atoms with Crippen molar-refractivity contribution in [3.8, 4) is 0 Å². The van der Waals surface area contributed by atoms with E-state index in [9.17, 15) is 4.79 Å². The van der Waals surface area contributed by atoms with Gasteiger partial charge in [-0.1, -0.05) is 18.2 Å². The number of para-hydroxylation sites is 1. The van der Waals surface area contributed by atoms with E-state index in [0.717, 1.165) is 17.0 Å². The Hall–Kier alpha value is -1.94. The average Bonchev–Trinajstić information content (AvgIpc) is 2.90. The zero-order chi connectivity index (χ0) is 17.3. The molecule has 0 saturated carbocycles. The Morgan fingerprint density at radius 1 is 1.17 bits per heavy atom. The fraction of sp³-hybridized carbons (Fsp3) is 0.350. The van der Waals surface area contributed by atoms with Crippen LogP contribution in [0.25, 0.3) is 21.8 Å². The van der Waals surface area contributed by atoms with E-state index in [4.69, 9.17) is 0 Å². The summed E-state index contributed by atoms with van der Waals surface area (Å²) in [7, 11) is 0. The third kappa shape index (κ3) is 2.91. The van der Waals surface area contributed by atoms with Gasteiger partial charge >= 0.3 is 0 Å². The molecule has 1 N–H and O–H groups in total. The van der Waals surface area contributed by atoms with Gasteiger partial charge in [-0.2, -0.15) is 11.8 Å². The highest BCUT2D eigenvalue weighted by atomic mass is 32.2. The number of aromatic nitrogens is 1. The van der Waals surface area contributed by atoms with Gasteiger partial charge in [0, 0.05) is 45.7 Å². The van der Waals surface area contributed by atoms with Crippen molar-refractivity contribution >= 4 is 45.2 Å². The van der Waals surface area contributed by atoms with Crippen LogP contribution >= 0.6 is 11.8 Å². The molecule has 0 atom stereocenters. The summed E-state index contributed by atoms with van der Waals surface area (Å²) in [6.45, 7) is 6.52. The smallest absolute Gasteiger partial charge is 0.225 e. The van der Waals surface area contributed by atoms with Crippen molar-refractivity contribution in [2.45, 2.75) is 33.2 Å². The van der Waals surface area contributed by atoms with Gasteiger partial charge < -0.3 is 9.88 Å². The van der Waals surface area contributed by atoms with Crippen LogP contribution in [-0.2, 0) is 4.79 Å². The van der Waals surface area contributed by atoms with Crippen molar-refractivity contribution in [3.05, 3.63) is 42.0 Å². The van der Waals surface area contributed by atoms with E-state index < -0.39 is 0 Å². The fourth-order valence-electron chi connectivity index (χ4n) is 3.36. The van der Waals surface area contributed by atoms with Crippen molar-refractivity contribution in [2.75, 3.05) is 17.3 Å². The van der Waals surface area contributed by atoms with Crippen molar-refractivity contribution in [1.82, 2.24) is 4.57 Å². The Balaban J connectivity index is 2.15. The molecular formula is C20H24N2OS. The number of anilines is 1. The number of carbonyl (C=O) groups excluding carboxylic acids is 1. The Kier molecular flexibility index (Phi) is 4.86. The summed E-state index contributed by atoms with van der Waals surface area (Å²) in [6, 6.07) is 13.1. The monoisotopic (exact) mass is 340 g/mol. The van der Waals surface area contributed by atoms with Gasteiger partial charge in [0.2, 0.25) is 5.91 Å². The highest BCUT2D eigenvalue weighted by molar-refractivity contribution is 7.98. The first-order valence-corrected chi connectivity index (χ1v) is 9.75. The van der Waals surface area contributed by atoms with Crippen LogP contribution in [0.15, 0.2) is 36.4 Å². The predicted octanol–water partition coefficient (Wildman–Crippen LogP) is 5.38. The van der Waals surface area contributed by atoms with Crippen molar-refractivity contribution in [1.29, 1.82) is 0 Å². The summed E-state index contributed by atoms with van der Waals surface area (Å²) in [5, 5.41) is 5.57. The van der Waals surface area contributed by atoms with E-state index >= 15 is 0 Å². The quantitative estimate of drug-likeness (QED) is 0.677. The maximum atomic E-state index is 12.1. The minimum Gasteiger partial charge on any atom is -0.338 e. The van der Waals surface area contributed by atoms with Gasteiger partial charge in [-0.25, -0.2) is 0 Å². The number of hydrogen-bond donors (Lipinski definition) is 1. The van der Waals surface area contributed by atoms with Crippen molar-refractivity contribution in [2.24, 2.45) is 0 Å². The molecule has 3 nitrogen and oxygen atoms in total. The largest absolute Gasteiger partial charge is 0.338 e. The molecule has 0 aliphatic rings. The first kappa shape index (κ1) is 16.9. The van der Waals surface area contributed by atoms with Gasteiger partial charge in [0.15, 0.2) is 0 Å². The number of nitrogens with one attached hydrogen (secondary N) is 1. The molecule has 1 amide bonds. The third-order valence-corrected chi connectivity index (χ3v) is 5.07. The molecule has 0 aliphatic heterocycles. The van der Waals surface area contributed by atoms with E-state index in [1.807, 2.05) is 12.3 Å². The number of aryl methyl sites for hydroxylation is 1. The van der Waals surface area contributed by atoms with E-state index in [1.165, 1.54) is 21.8 Å². The van der Waals surface area contributed by atoms with Crippen LogP contribution in [0, 0.1) is 6.92 Å². The Bertz CT molecular complexity index is 895. The molecule has 4 heteroatoms. The normalized spacial score (nSPS) is 11.5. The molecule has 24 heavy (non-hydrogen) atoms. The molecule has 126 valence electrons. The van der Waals surface area contributed by atoms with Gasteiger partial charge in [-0.15, -0.1) is 0 Å². The molecule has 0 saturated heterocycles. The van der Waals surface area contributed by atoms with Crippen LogP contribution in [0.2, 0.25) is 0 Å². The summed E-state index contributed by atoms with van der Waals surface area (Å²) < 4.78 is 2.37. The van der Waals surface area contributed by atoms with Gasteiger partial charge in [-0.3, -0.25) is 4.79 Å². The number of nitrogens with zero attached hydrogens (tertiary/aromatic N) is 1. The lowest BCUT2D eigenvalue weighted by molar-refractivity contribution is -0.115. The highest BCUT2D eigenvalue weighted by Crippen LogP contribution is 2.36. The SMILES string of the molecule is CSCCC(=O)Nc1ccc2c(c1C)c1ccccc1n2C(C)C. The van der Waals surface area contributed by atoms with E-state index in [2.05, 4.69) is 61.0 Å². The molecule has 0 spiro atoms. The summed E-state index contributed by atoms with van der Waals surface area (Å²) in [5.74, 6) is 0.930. The Morgan fingerprint density at radius 3 is 2.62 bits per heavy atom. The molecular weight excluding hydrogens is 316 g/mol. The average molecular weight is 340 g/mol. The fourth-order valence-corrected chi connectivity index (χ4v) is 3.75. The van der Waals surface area contributed by atoms with Crippen LogP contribution in [0.4, 0.5) is 5.69 Å². The van der Waals surface area contributed by atoms with Crippen LogP contribution < -0.4 is 5.32 Å². The second kappa shape index (κ2) is 6.89. The summed E-state index contributed by atoms with van der Waals surface area (Å²) in [5.41, 5.74) is 4.53. The lowest BCUT2D eigenvalue weighted by atomic mass is 10.1. The Morgan fingerprint density at radius 2 is 1.92 bits per heavy atom. The zero-order valence-electron chi connectivity index (χ0n) is 14.7. The molecule has 0 radical (unpaired) electrons. The predicted molar refractivity (Wildman–Crippen MR) is 106 cm³/mol. The summed E-state index contributed by atoms with van der Waals surface area (Å²) >= 11 is 1.69. The second-order valence-electron chi connectivity index (χ2n) is 6.40. The molecule has 3 rings (SSSR count). The minimum absolute atomic E-state index is 0.0828. The third-order valence-electron chi connectivity index (χ3n) is 4.46. The molecule has 0 aliphatic carbocycles. The van der Waals surface area contributed by atoms with E-state index in [1.54, 1.807) is 11.8 Å². The zero-order valence-corrected chi connectivity index (χ0v) is 15.5. The topological polar surface area (TPSA) is 34.0 Å². The number of thioether (sulfide) groups is 1. The van der Waals surface area contributed by atoms with Gasteiger partial charge in [0.1, 0.15) is 0 Å². The molecule has 3 aromatic rings. The lowest BCUT2D eigenvalue weighted by Crippen LogP contribution is -2.13. The highest BCUT2D eigenvalue weighted by Gasteiger charge is 2.16. The number of carbonyl (C=O) groups is 1. The van der Waals surface area contributed by atoms with Crippen LogP contribution in [0.3, 0.4) is 0 Å². The first-order valence-electron chi connectivity index (χ1n) is 8.35. The summed E-state index contributed by atoms with van der Waals surface area (Å²) in [4.78, 5) is 12.1. The van der Waals surface area contributed by atoms with Crippen molar-refractivity contribution < 1.29 is 4.79 Å². The maximum absolute atomic E-state index is 12.1. The first-order chi connectivity index (χ1) is 11.5. The maximum Gasteiger partial charge on any atom is 0.225 e. The molecule has 1 heterocycles. The van der Waals surface area contributed by atoms with E-state index in [0.29, 0.717) is 12.5 Å². The van der Waals surface area contributed by atoms with Crippen LogP contribution in [0.1, 0.15) is 31.9 Å². The van der Waals surface area contributed by atoms with Crippen LogP contribution in [0.5, 0.6) is 0 Å². The summed E-state index contributed by atoms with van der Waals surface area (Å²) in [6.07, 6.45) is 2.57. The van der Waals surface area contributed by atoms with E-state index in [-0.39, 0.29) is 5.91 Å². The molecule has 0 fully saturated rings. The molecule has 1 aromatic heterocycles. The number of hydrogen-bond acceptors (Lipinski definition) is 2.